The van der Waals surface area contributed by atoms with E-state index in [9.17, 15) is 9.59 Å². The van der Waals surface area contributed by atoms with Crippen LogP contribution in [0.15, 0.2) is 76.5 Å². The van der Waals surface area contributed by atoms with E-state index in [-0.39, 0.29) is 18.0 Å². The third kappa shape index (κ3) is 3.66. The fraction of sp³-hybridized carbons (Fsp3) is 0.0952. The summed E-state index contributed by atoms with van der Waals surface area (Å²) in [6.45, 7) is 0.345. The molecule has 5 nitrogen and oxygen atoms in total. The van der Waals surface area contributed by atoms with Crippen molar-refractivity contribution in [3.05, 3.63) is 87.6 Å². The van der Waals surface area contributed by atoms with E-state index < -0.39 is 0 Å². The molecule has 0 atom stereocenters. The molecule has 2 heterocycles. The molecule has 0 bridgehead atoms. The molecule has 6 heteroatoms. The SMILES string of the molecule is O=C(Cn1cnc2ccccc2c1=O)NCc1ccccc1-c1ccsc1. The number of nitrogens with one attached hydrogen (secondary N) is 1. The van der Waals surface area contributed by atoms with E-state index in [1.807, 2.05) is 35.7 Å². The van der Waals surface area contributed by atoms with E-state index in [4.69, 9.17) is 0 Å². The van der Waals surface area contributed by atoms with Gasteiger partial charge in [-0.05, 0) is 45.6 Å². The molecule has 0 aliphatic carbocycles. The number of fused-ring (bicyclic) bond motifs is 1. The minimum atomic E-state index is -0.227. The Bertz CT molecular complexity index is 1150. The summed E-state index contributed by atoms with van der Waals surface area (Å²) in [5.41, 5.74) is 3.69. The molecule has 0 unspecified atom stereocenters. The maximum atomic E-state index is 12.5. The van der Waals surface area contributed by atoms with Gasteiger partial charge in [0.15, 0.2) is 0 Å². The van der Waals surface area contributed by atoms with Crippen molar-refractivity contribution in [1.29, 1.82) is 0 Å². The van der Waals surface area contributed by atoms with Gasteiger partial charge in [-0.15, -0.1) is 0 Å². The summed E-state index contributed by atoms with van der Waals surface area (Å²) in [4.78, 5) is 29.1. The lowest BCUT2D eigenvalue weighted by Gasteiger charge is -2.11. The van der Waals surface area contributed by atoms with Gasteiger partial charge in [0.05, 0.1) is 17.2 Å². The Kier molecular flexibility index (Phi) is 4.80. The quantitative estimate of drug-likeness (QED) is 0.581. The van der Waals surface area contributed by atoms with Crippen LogP contribution in [0, 0.1) is 0 Å². The van der Waals surface area contributed by atoms with Crippen molar-refractivity contribution in [1.82, 2.24) is 14.9 Å². The first kappa shape index (κ1) is 17.2. The van der Waals surface area contributed by atoms with E-state index in [2.05, 4.69) is 21.7 Å². The van der Waals surface area contributed by atoms with Crippen LogP contribution in [-0.4, -0.2) is 15.5 Å². The minimum absolute atomic E-state index is 0.0582. The molecule has 27 heavy (non-hydrogen) atoms. The van der Waals surface area contributed by atoms with Crippen molar-refractivity contribution in [2.45, 2.75) is 13.1 Å². The number of hydrogen-bond acceptors (Lipinski definition) is 4. The highest BCUT2D eigenvalue weighted by Gasteiger charge is 2.10. The highest BCUT2D eigenvalue weighted by molar-refractivity contribution is 7.08. The summed E-state index contributed by atoms with van der Waals surface area (Å²) < 4.78 is 1.34. The molecule has 1 amide bonds. The third-order valence-corrected chi connectivity index (χ3v) is 5.05. The third-order valence-electron chi connectivity index (χ3n) is 4.37. The van der Waals surface area contributed by atoms with Gasteiger partial charge in [-0.2, -0.15) is 11.3 Å². The van der Waals surface area contributed by atoms with E-state index in [0.29, 0.717) is 17.4 Å². The molecule has 2 aromatic heterocycles. The largest absolute Gasteiger partial charge is 0.350 e. The van der Waals surface area contributed by atoms with E-state index in [1.54, 1.807) is 29.5 Å². The van der Waals surface area contributed by atoms with Crippen LogP contribution < -0.4 is 10.9 Å². The van der Waals surface area contributed by atoms with Gasteiger partial charge in [0.1, 0.15) is 6.54 Å². The summed E-state index contributed by atoms with van der Waals surface area (Å²) in [5, 5.41) is 7.53. The Labute approximate surface area is 159 Å². The molecule has 134 valence electrons. The number of rotatable bonds is 5. The fourth-order valence-electron chi connectivity index (χ4n) is 3.00. The minimum Gasteiger partial charge on any atom is -0.350 e. The van der Waals surface area contributed by atoms with Crippen LogP contribution in [0.2, 0.25) is 0 Å². The van der Waals surface area contributed by atoms with Crippen LogP contribution >= 0.6 is 11.3 Å². The highest BCUT2D eigenvalue weighted by Crippen LogP contribution is 2.25. The number of hydrogen-bond donors (Lipinski definition) is 1. The maximum absolute atomic E-state index is 12.5. The number of carbonyl (C=O) groups excluding carboxylic acids is 1. The van der Waals surface area contributed by atoms with Crippen LogP contribution in [0.1, 0.15) is 5.56 Å². The molecular formula is C21H17N3O2S. The molecule has 0 aliphatic heterocycles. The van der Waals surface area contributed by atoms with Crippen LogP contribution in [0.25, 0.3) is 22.0 Å². The topological polar surface area (TPSA) is 64.0 Å². The molecule has 2 aromatic carbocycles. The number of benzene rings is 2. The first-order valence-electron chi connectivity index (χ1n) is 8.54. The number of nitrogens with zero attached hydrogens (tertiary/aromatic N) is 2. The molecule has 1 N–H and O–H groups in total. The molecule has 0 saturated heterocycles. The second-order valence-electron chi connectivity index (χ2n) is 6.14. The van der Waals surface area contributed by atoms with Gasteiger partial charge in [-0.25, -0.2) is 4.98 Å². The number of carbonyl (C=O) groups is 1. The summed E-state index contributed by atoms with van der Waals surface area (Å²) >= 11 is 1.64. The van der Waals surface area contributed by atoms with Gasteiger partial charge >= 0.3 is 0 Å². The number of thiophene rings is 1. The van der Waals surface area contributed by atoms with Gasteiger partial charge in [0, 0.05) is 6.54 Å². The fourth-order valence-corrected chi connectivity index (χ4v) is 3.65. The average Bonchev–Trinajstić information content (AvgIpc) is 3.24. The molecule has 0 fully saturated rings. The number of amides is 1. The Hall–Kier alpha value is -3.25. The van der Waals surface area contributed by atoms with E-state index in [1.165, 1.54) is 10.9 Å². The Morgan fingerprint density at radius 1 is 1.07 bits per heavy atom. The first-order chi connectivity index (χ1) is 13.2. The molecular weight excluding hydrogens is 358 g/mol. The summed E-state index contributed by atoms with van der Waals surface area (Å²) in [5.74, 6) is -0.227. The normalized spacial score (nSPS) is 10.8. The Balaban J connectivity index is 1.49. The molecule has 0 aliphatic rings. The Morgan fingerprint density at radius 2 is 1.89 bits per heavy atom. The van der Waals surface area contributed by atoms with Crippen LogP contribution in [-0.2, 0) is 17.9 Å². The predicted octanol–water partition coefficient (Wildman–Crippen LogP) is 3.44. The van der Waals surface area contributed by atoms with Crippen molar-refractivity contribution < 1.29 is 4.79 Å². The highest BCUT2D eigenvalue weighted by atomic mass is 32.1. The van der Waals surface area contributed by atoms with Gasteiger partial charge < -0.3 is 5.32 Å². The molecule has 4 aromatic rings. The second kappa shape index (κ2) is 7.55. The number of para-hydroxylation sites is 1. The smallest absolute Gasteiger partial charge is 0.261 e. The lowest BCUT2D eigenvalue weighted by molar-refractivity contribution is -0.121. The average molecular weight is 375 g/mol. The molecule has 0 radical (unpaired) electrons. The van der Waals surface area contributed by atoms with Gasteiger partial charge in [-0.1, -0.05) is 36.4 Å². The van der Waals surface area contributed by atoms with Crippen LogP contribution in [0.4, 0.5) is 0 Å². The first-order valence-corrected chi connectivity index (χ1v) is 9.48. The monoisotopic (exact) mass is 375 g/mol. The van der Waals surface area contributed by atoms with Crippen molar-refractivity contribution in [3.63, 3.8) is 0 Å². The van der Waals surface area contributed by atoms with Gasteiger partial charge in [0.25, 0.3) is 5.56 Å². The van der Waals surface area contributed by atoms with Crippen molar-refractivity contribution >= 4 is 28.1 Å². The molecule has 4 rings (SSSR count). The summed E-state index contributed by atoms with van der Waals surface area (Å²) in [6, 6.07) is 17.2. The standard InChI is InChI=1S/C21H17N3O2S/c25-20(12-24-14-23-19-8-4-3-7-18(19)21(24)26)22-11-15-5-1-2-6-17(15)16-9-10-27-13-16/h1-10,13-14H,11-12H2,(H,22,25). The van der Waals surface area contributed by atoms with E-state index in [0.717, 1.165) is 16.7 Å². The lowest BCUT2D eigenvalue weighted by Crippen LogP contribution is -2.32. The molecule has 0 spiro atoms. The van der Waals surface area contributed by atoms with Crippen molar-refractivity contribution in [2.24, 2.45) is 0 Å². The second-order valence-corrected chi connectivity index (χ2v) is 6.92. The van der Waals surface area contributed by atoms with Gasteiger partial charge in [-0.3, -0.25) is 14.2 Å². The summed E-state index contributed by atoms with van der Waals surface area (Å²) in [7, 11) is 0. The maximum Gasteiger partial charge on any atom is 0.261 e. The van der Waals surface area contributed by atoms with E-state index >= 15 is 0 Å². The zero-order chi connectivity index (χ0) is 18.6. The zero-order valence-electron chi connectivity index (χ0n) is 14.5. The predicted molar refractivity (Wildman–Crippen MR) is 108 cm³/mol. The zero-order valence-corrected chi connectivity index (χ0v) is 15.3. The van der Waals surface area contributed by atoms with Crippen molar-refractivity contribution in [2.75, 3.05) is 0 Å². The van der Waals surface area contributed by atoms with Crippen LogP contribution in [0.3, 0.4) is 0 Å². The Morgan fingerprint density at radius 3 is 2.74 bits per heavy atom. The lowest BCUT2D eigenvalue weighted by atomic mass is 10.0. The van der Waals surface area contributed by atoms with Crippen molar-refractivity contribution in [3.8, 4) is 11.1 Å². The summed E-state index contributed by atoms with van der Waals surface area (Å²) in [6.07, 6.45) is 1.42. The molecule has 0 saturated carbocycles. The number of aromatic nitrogens is 2. The van der Waals surface area contributed by atoms with Gasteiger partial charge in [0.2, 0.25) is 5.91 Å². The van der Waals surface area contributed by atoms with Crippen LogP contribution in [0.5, 0.6) is 0 Å².